The van der Waals surface area contributed by atoms with Crippen LogP contribution in [0.5, 0.6) is 0 Å². The van der Waals surface area contributed by atoms with Gasteiger partial charge in [0.2, 0.25) is 5.91 Å². The number of aromatic carboxylic acids is 1. The van der Waals surface area contributed by atoms with Gasteiger partial charge in [0.1, 0.15) is 0 Å². The predicted molar refractivity (Wildman–Crippen MR) is 149 cm³/mol. The molecule has 2 atom stereocenters. The van der Waals surface area contributed by atoms with Crippen molar-refractivity contribution in [3.05, 3.63) is 35.4 Å². The van der Waals surface area contributed by atoms with Gasteiger partial charge in [-0.15, -0.1) is 0 Å². The van der Waals surface area contributed by atoms with Crippen molar-refractivity contribution in [1.29, 1.82) is 0 Å². The lowest BCUT2D eigenvalue weighted by Gasteiger charge is -2.22. The van der Waals surface area contributed by atoms with E-state index >= 15 is 0 Å². The highest BCUT2D eigenvalue weighted by Crippen LogP contribution is 2.23. The van der Waals surface area contributed by atoms with Crippen molar-refractivity contribution in [2.75, 3.05) is 6.54 Å². The highest BCUT2D eigenvalue weighted by Gasteiger charge is 2.40. The van der Waals surface area contributed by atoms with E-state index in [1.807, 2.05) is 19.1 Å². The Balaban J connectivity index is 0. The van der Waals surface area contributed by atoms with E-state index in [-0.39, 0.29) is 11.8 Å². The average molecular weight is 544 g/mol. The van der Waals surface area contributed by atoms with Crippen LogP contribution in [0.1, 0.15) is 111 Å². The molecule has 0 radical (unpaired) electrons. The van der Waals surface area contributed by atoms with E-state index in [0.717, 1.165) is 26.2 Å². The molecule has 1 aromatic rings. The summed E-state index contributed by atoms with van der Waals surface area (Å²) < 4.78 is 28.9. The lowest BCUT2D eigenvalue weighted by molar-refractivity contribution is -0.128. The number of carbonyl (C=O) groups is 3. The predicted octanol–water partition coefficient (Wildman–Crippen LogP) is 5.97. The molecule has 0 heterocycles. The minimum Gasteiger partial charge on any atom is -0.478 e. The molecule has 0 saturated carbocycles. The fourth-order valence-corrected chi connectivity index (χ4v) is 2.43. The monoisotopic (exact) mass is 543 g/mol. The van der Waals surface area contributed by atoms with E-state index in [0.29, 0.717) is 23.3 Å². The van der Waals surface area contributed by atoms with Crippen LogP contribution < -0.4 is 5.32 Å². The Morgan fingerprint density at radius 3 is 1.62 bits per heavy atom. The molecule has 8 nitrogen and oxygen atoms in total. The average Bonchev–Trinajstić information content (AvgIpc) is 2.80. The third kappa shape index (κ3) is 13.7. The standard InChI is InChI=1S/C11H14O2.C10H19NO5S.C7H16/c1-3-8(2)9-4-6-10(7-5-9)11(12)13;1-5-7(2)9(13)11-6-8(12)10(3,4)17(14,15)16;1-6(2)7(3,4)5/h4-8H,3H2,1-2H3,(H,12,13);7H,5-6H2,1-4H3,(H,11,13)(H,14,15,16);6H,1-5H3. The molecule has 1 amide bonds. The summed E-state index contributed by atoms with van der Waals surface area (Å²) in [7, 11) is -4.48. The van der Waals surface area contributed by atoms with Gasteiger partial charge >= 0.3 is 5.97 Å². The van der Waals surface area contributed by atoms with Gasteiger partial charge in [-0.3, -0.25) is 14.1 Å². The number of nitrogens with one attached hydrogen (secondary N) is 1. The first-order chi connectivity index (χ1) is 16.6. The van der Waals surface area contributed by atoms with Crippen LogP contribution in [-0.2, 0) is 19.7 Å². The number of hydrogen-bond donors (Lipinski definition) is 3. The molecule has 0 fully saturated rings. The molecule has 214 valence electrons. The summed E-state index contributed by atoms with van der Waals surface area (Å²) in [6, 6.07) is 7.09. The Labute approximate surface area is 224 Å². The van der Waals surface area contributed by atoms with E-state index < -0.39 is 33.2 Å². The fourth-order valence-electron chi connectivity index (χ4n) is 2.07. The molecule has 2 unspecified atom stereocenters. The maximum absolute atomic E-state index is 11.6. The van der Waals surface area contributed by atoms with Crippen LogP contribution >= 0.6 is 0 Å². The summed E-state index contributed by atoms with van der Waals surface area (Å²) in [6.07, 6.45) is 1.70. The maximum Gasteiger partial charge on any atom is 0.335 e. The number of ketones is 1. The molecule has 0 bridgehead atoms. The zero-order valence-corrected chi connectivity index (χ0v) is 25.3. The first kappa shape index (κ1) is 36.9. The Morgan fingerprint density at radius 2 is 1.32 bits per heavy atom. The van der Waals surface area contributed by atoms with Gasteiger partial charge in [-0.2, -0.15) is 8.42 Å². The highest BCUT2D eigenvalue weighted by atomic mass is 32.2. The lowest BCUT2D eigenvalue weighted by Crippen LogP contribution is -2.46. The van der Waals surface area contributed by atoms with Gasteiger partial charge in [-0.05, 0) is 61.6 Å². The van der Waals surface area contributed by atoms with Gasteiger partial charge in [0.15, 0.2) is 10.5 Å². The SMILES string of the molecule is CC(C)C(C)(C)C.CCC(C)C(=O)NCC(=O)C(C)(C)S(=O)(=O)O.CCC(C)c1ccc(C(=O)O)cc1. The largest absolute Gasteiger partial charge is 0.478 e. The van der Waals surface area contributed by atoms with E-state index in [9.17, 15) is 22.8 Å². The molecular weight excluding hydrogens is 494 g/mol. The van der Waals surface area contributed by atoms with E-state index in [4.69, 9.17) is 9.66 Å². The van der Waals surface area contributed by atoms with E-state index in [2.05, 4.69) is 53.8 Å². The second kappa shape index (κ2) is 15.9. The fraction of sp³-hybridized carbons (Fsp3) is 0.679. The molecule has 9 heteroatoms. The summed E-state index contributed by atoms with van der Waals surface area (Å²) in [5, 5.41) is 11.0. The lowest BCUT2D eigenvalue weighted by atomic mass is 9.84. The number of carboxylic acid groups (broad SMARTS) is 1. The number of carbonyl (C=O) groups excluding carboxylic acids is 2. The van der Waals surface area contributed by atoms with Gasteiger partial charge in [-0.25, -0.2) is 4.79 Å². The minimum absolute atomic E-state index is 0.239. The first-order valence-corrected chi connectivity index (χ1v) is 14.2. The molecule has 1 aromatic carbocycles. The van der Waals surface area contributed by atoms with Crippen LogP contribution in [0.25, 0.3) is 0 Å². The zero-order chi connectivity index (χ0) is 29.8. The Morgan fingerprint density at radius 1 is 0.892 bits per heavy atom. The van der Waals surface area contributed by atoms with Crippen LogP contribution in [0.2, 0.25) is 0 Å². The number of hydrogen-bond acceptors (Lipinski definition) is 5. The Hall–Kier alpha value is -2.26. The van der Waals surface area contributed by atoms with Crippen molar-refractivity contribution in [3.63, 3.8) is 0 Å². The minimum atomic E-state index is -4.48. The van der Waals surface area contributed by atoms with Crippen LogP contribution in [0, 0.1) is 17.3 Å². The smallest absolute Gasteiger partial charge is 0.335 e. The number of carboxylic acids is 1. The molecule has 0 aliphatic carbocycles. The topological polar surface area (TPSA) is 138 Å². The van der Waals surface area contributed by atoms with Gasteiger partial charge in [0.25, 0.3) is 10.1 Å². The number of benzene rings is 1. The summed E-state index contributed by atoms with van der Waals surface area (Å²) in [5.41, 5.74) is 2.06. The van der Waals surface area contributed by atoms with Gasteiger partial charge in [-0.1, -0.05) is 74.4 Å². The summed E-state index contributed by atoms with van der Waals surface area (Å²) >= 11 is 0. The summed E-state index contributed by atoms with van der Waals surface area (Å²) in [4.78, 5) is 33.5. The van der Waals surface area contributed by atoms with E-state index in [1.165, 1.54) is 5.56 Å². The summed E-state index contributed by atoms with van der Waals surface area (Å²) in [6.45, 7) is 20.9. The second-order valence-electron chi connectivity index (χ2n) is 11.2. The number of amides is 1. The second-order valence-corrected chi connectivity index (χ2v) is 13.2. The van der Waals surface area contributed by atoms with Crippen molar-refractivity contribution >= 4 is 27.8 Å². The van der Waals surface area contributed by atoms with Crippen molar-refractivity contribution in [2.24, 2.45) is 17.3 Å². The third-order valence-corrected chi connectivity index (χ3v) is 8.39. The van der Waals surface area contributed by atoms with Crippen LogP contribution in [0.15, 0.2) is 24.3 Å². The summed E-state index contributed by atoms with van der Waals surface area (Å²) in [5.74, 6) is -0.869. The van der Waals surface area contributed by atoms with Crippen molar-refractivity contribution < 1.29 is 32.5 Å². The van der Waals surface area contributed by atoms with Crippen LogP contribution in [0.3, 0.4) is 0 Å². The molecule has 0 aliphatic heterocycles. The zero-order valence-electron chi connectivity index (χ0n) is 24.5. The maximum atomic E-state index is 11.6. The van der Waals surface area contributed by atoms with Crippen LogP contribution in [-0.4, -0.2) is 47.0 Å². The van der Waals surface area contributed by atoms with Crippen molar-refractivity contribution in [1.82, 2.24) is 5.32 Å². The van der Waals surface area contributed by atoms with Crippen molar-refractivity contribution in [3.8, 4) is 0 Å². The number of rotatable bonds is 9. The quantitative estimate of drug-likeness (QED) is 0.326. The van der Waals surface area contributed by atoms with Gasteiger partial charge in [0.05, 0.1) is 12.1 Å². The molecule has 0 aliphatic rings. The van der Waals surface area contributed by atoms with Crippen LogP contribution in [0.4, 0.5) is 0 Å². The normalized spacial score (nSPS) is 13.3. The van der Waals surface area contributed by atoms with Gasteiger partial charge < -0.3 is 10.4 Å². The first-order valence-electron chi connectivity index (χ1n) is 12.7. The molecule has 1 rings (SSSR count). The van der Waals surface area contributed by atoms with Crippen molar-refractivity contribution in [2.45, 2.75) is 99.7 Å². The number of Topliss-reactive ketones (excluding diaryl/α,β-unsaturated/α-hetero) is 1. The molecule has 37 heavy (non-hydrogen) atoms. The molecule has 0 spiro atoms. The third-order valence-electron chi connectivity index (χ3n) is 6.87. The Bertz CT molecular complexity index is 959. The molecule has 0 saturated heterocycles. The van der Waals surface area contributed by atoms with E-state index in [1.54, 1.807) is 19.1 Å². The van der Waals surface area contributed by atoms with Gasteiger partial charge in [0, 0.05) is 5.92 Å². The highest BCUT2D eigenvalue weighted by molar-refractivity contribution is 7.88. The Kier molecular flexibility index (Phi) is 15.8. The molecule has 3 N–H and O–H groups in total. The molecular formula is C28H49NO7S. The molecule has 0 aromatic heterocycles.